The summed E-state index contributed by atoms with van der Waals surface area (Å²) in [7, 11) is 0. The second kappa shape index (κ2) is 4.01. The van der Waals surface area contributed by atoms with Gasteiger partial charge in [-0.15, -0.1) is 0 Å². The van der Waals surface area contributed by atoms with Gasteiger partial charge >= 0.3 is 0 Å². The first-order valence-electron chi connectivity index (χ1n) is 2.84. The van der Waals surface area contributed by atoms with Crippen molar-refractivity contribution in [3.8, 4) is 0 Å². The number of rotatable bonds is 3. The summed E-state index contributed by atoms with van der Waals surface area (Å²) in [6.45, 7) is 3.58. The molecule has 2 heteroatoms. The van der Waals surface area contributed by atoms with E-state index in [1.54, 1.807) is 13.8 Å². The van der Waals surface area contributed by atoms with Gasteiger partial charge in [-0.05, 0) is 12.2 Å². The van der Waals surface area contributed by atoms with Gasteiger partial charge in [0, 0.05) is 5.92 Å². The molecule has 50 valence electrons. The zero-order valence-electron chi connectivity index (χ0n) is 5.63. The maximum Gasteiger partial charge on any atom is 0.158 e. The minimum atomic E-state index is -0.0128. The van der Waals surface area contributed by atoms with Gasteiger partial charge in [-0.25, -0.2) is 0 Å². The number of hydrogen-bond donors (Lipinski definition) is 0. The van der Waals surface area contributed by atoms with Crippen molar-refractivity contribution in [3.05, 3.63) is 12.2 Å². The molecule has 0 unspecified atom stereocenters. The van der Waals surface area contributed by atoms with Crippen molar-refractivity contribution in [1.29, 1.82) is 0 Å². The number of carbonyl (C=O) groups is 2. The van der Waals surface area contributed by atoms with E-state index in [9.17, 15) is 9.59 Å². The zero-order valence-corrected chi connectivity index (χ0v) is 5.63. The van der Waals surface area contributed by atoms with E-state index in [2.05, 4.69) is 0 Å². The second-order valence-electron chi connectivity index (χ2n) is 2.05. The summed E-state index contributed by atoms with van der Waals surface area (Å²) in [6, 6.07) is 0. The van der Waals surface area contributed by atoms with E-state index in [4.69, 9.17) is 0 Å². The molecule has 0 fully saturated rings. The Balaban J connectivity index is 3.76. The molecule has 0 aromatic carbocycles. The summed E-state index contributed by atoms with van der Waals surface area (Å²) in [5.41, 5.74) is 0. The van der Waals surface area contributed by atoms with Gasteiger partial charge in [-0.2, -0.15) is 0 Å². The quantitative estimate of drug-likeness (QED) is 0.417. The number of aldehydes is 1. The average molecular weight is 126 g/mol. The first-order chi connectivity index (χ1) is 4.18. The molecule has 0 saturated heterocycles. The molecule has 0 amide bonds. The molecule has 0 N–H and O–H groups in total. The first kappa shape index (κ1) is 8.08. The van der Waals surface area contributed by atoms with Crippen molar-refractivity contribution in [2.24, 2.45) is 5.92 Å². The lowest BCUT2D eigenvalue weighted by molar-refractivity contribution is -0.117. The minimum absolute atomic E-state index is 0.0119. The first-order valence-corrected chi connectivity index (χ1v) is 2.84. The molecule has 0 aliphatic carbocycles. The molecule has 0 aliphatic heterocycles. The van der Waals surface area contributed by atoms with E-state index in [1.807, 2.05) is 0 Å². The van der Waals surface area contributed by atoms with Crippen LogP contribution in [0.15, 0.2) is 12.2 Å². The van der Waals surface area contributed by atoms with Gasteiger partial charge < -0.3 is 0 Å². The van der Waals surface area contributed by atoms with E-state index < -0.39 is 0 Å². The number of carbonyl (C=O) groups excluding carboxylic acids is 2. The van der Waals surface area contributed by atoms with Crippen LogP contribution in [0.3, 0.4) is 0 Å². The van der Waals surface area contributed by atoms with Crippen LogP contribution in [0.5, 0.6) is 0 Å². The fraction of sp³-hybridized carbons (Fsp3) is 0.429. The van der Waals surface area contributed by atoms with Crippen LogP contribution in [-0.2, 0) is 9.59 Å². The summed E-state index contributed by atoms with van der Waals surface area (Å²) in [5.74, 6) is -0.0247. The summed E-state index contributed by atoms with van der Waals surface area (Å²) in [4.78, 5) is 20.3. The van der Waals surface area contributed by atoms with Gasteiger partial charge in [0.05, 0.1) is 0 Å². The number of hydrogen-bond acceptors (Lipinski definition) is 2. The van der Waals surface area contributed by atoms with Crippen LogP contribution in [0.1, 0.15) is 13.8 Å². The smallest absolute Gasteiger partial charge is 0.158 e. The predicted octanol–water partition coefficient (Wildman–Crippen LogP) is 0.967. The molecule has 0 atom stereocenters. The van der Waals surface area contributed by atoms with Crippen LogP contribution in [0.25, 0.3) is 0 Å². The number of allylic oxidation sites excluding steroid dienone is 2. The van der Waals surface area contributed by atoms with E-state index in [0.29, 0.717) is 6.29 Å². The SMILES string of the molecule is CC(C)C(=O)/C=C\C=O. The third-order valence-corrected chi connectivity index (χ3v) is 0.908. The van der Waals surface area contributed by atoms with Crippen molar-refractivity contribution in [2.45, 2.75) is 13.8 Å². The van der Waals surface area contributed by atoms with Crippen LogP contribution < -0.4 is 0 Å². The van der Waals surface area contributed by atoms with Gasteiger partial charge in [0.1, 0.15) is 6.29 Å². The summed E-state index contributed by atoms with van der Waals surface area (Å²) in [5, 5.41) is 0. The molecule has 0 saturated carbocycles. The monoisotopic (exact) mass is 126 g/mol. The molecule has 0 bridgehead atoms. The maximum atomic E-state index is 10.7. The topological polar surface area (TPSA) is 34.1 Å². The Bertz CT molecular complexity index is 134. The third-order valence-electron chi connectivity index (χ3n) is 0.908. The van der Waals surface area contributed by atoms with E-state index in [1.165, 1.54) is 12.2 Å². The Hall–Kier alpha value is -0.920. The highest BCUT2D eigenvalue weighted by atomic mass is 16.1. The van der Waals surface area contributed by atoms with Crippen LogP contribution in [0.2, 0.25) is 0 Å². The van der Waals surface area contributed by atoms with Crippen LogP contribution in [0, 0.1) is 5.92 Å². The molecule has 0 heterocycles. The van der Waals surface area contributed by atoms with Crippen molar-refractivity contribution in [2.75, 3.05) is 0 Å². The van der Waals surface area contributed by atoms with Crippen molar-refractivity contribution in [3.63, 3.8) is 0 Å². The molecular formula is C7H10O2. The highest BCUT2D eigenvalue weighted by Crippen LogP contribution is 1.93. The van der Waals surface area contributed by atoms with Gasteiger partial charge in [-0.3, -0.25) is 9.59 Å². The molecule has 0 aromatic heterocycles. The van der Waals surface area contributed by atoms with Crippen molar-refractivity contribution >= 4 is 12.1 Å². The highest BCUT2D eigenvalue weighted by molar-refractivity contribution is 5.93. The Morgan fingerprint density at radius 1 is 1.44 bits per heavy atom. The number of ketones is 1. The lowest BCUT2D eigenvalue weighted by Gasteiger charge is -1.93. The lowest BCUT2D eigenvalue weighted by Crippen LogP contribution is -2.01. The standard InChI is InChI=1S/C7H10O2/c1-6(2)7(9)4-3-5-8/h3-6H,1-2H3/b4-3-. The second-order valence-corrected chi connectivity index (χ2v) is 2.05. The average Bonchev–Trinajstić information content (AvgIpc) is 1.82. The molecule has 0 rings (SSSR count). The predicted molar refractivity (Wildman–Crippen MR) is 35.0 cm³/mol. The summed E-state index contributed by atoms with van der Waals surface area (Å²) in [6.07, 6.45) is 3.10. The van der Waals surface area contributed by atoms with Gasteiger partial charge in [0.15, 0.2) is 5.78 Å². The lowest BCUT2D eigenvalue weighted by atomic mass is 10.1. The Kier molecular flexibility index (Phi) is 3.60. The largest absolute Gasteiger partial charge is 0.299 e. The van der Waals surface area contributed by atoms with Gasteiger partial charge in [0.25, 0.3) is 0 Å². The fourth-order valence-corrected chi connectivity index (χ4v) is 0.327. The minimum Gasteiger partial charge on any atom is -0.299 e. The van der Waals surface area contributed by atoms with Crippen LogP contribution >= 0.6 is 0 Å². The molecule has 0 radical (unpaired) electrons. The van der Waals surface area contributed by atoms with Crippen LogP contribution in [0.4, 0.5) is 0 Å². The van der Waals surface area contributed by atoms with Crippen molar-refractivity contribution in [1.82, 2.24) is 0 Å². The molecule has 0 spiro atoms. The molecule has 0 aromatic rings. The van der Waals surface area contributed by atoms with E-state index in [-0.39, 0.29) is 11.7 Å². The molecule has 9 heavy (non-hydrogen) atoms. The van der Waals surface area contributed by atoms with Crippen LogP contribution in [-0.4, -0.2) is 12.1 Å². The van der Waals surface area contributed by atoms with Gasteiger partial charge in [0.2, 0.25) is 0 Å². The summed E-state index contributed by atoms with van der Waals surface area (Å²) >= 11 is 0. The fourth-order valence-electron chi connectivity index (χ4n) is 0.327. The van der Waals surface area contributed by atoms with Gasteiger partial charge in [-0.1, -0.05) is 13.8 Å². The molecule has 2 nitrogen and oxygen atoms in total. The zero-order chi connectivity index (χ0) is 7.28. The summed E-state index contributed by atoms with van der Waals surface area (Å²) < 4.78 is 0. The maximum absolute atomic E-state index is 10.7. The van der Waals surface area contributed by atoms with E-state index >= 15 is 0 Å². The van der Waals surface area contributed by atoms with Crippen molar-refractivity contribution < 1.29 is 9.59 Å². The Morgan fingerprint density at radius 2 is 2.00 bits per heavy atom. The molecule has 0 aliphatic rings. The normalized spacial score (nSPS) is 10.6. The van der Waals surface area contributed by atoms with E-state index in [0.717, 1.165) is 0 Å². The molecular weight excluding hydrogens is 116 g/mol. The Labute approximate surface area is 54.6 Å². The Morgan fingerprint density at radius 3 is 2.33 bits per heavy atom. The third kappa shape index (κ3) is 3.64. The highest BCUT2D eigenvalue weighted by Gasteiger charge is 1.99.